The molecular formula is C23H35FIN5O3. The van der Waals surface area contributed by atoms with Crippen LogP contribution in [0.2, 0.25) is 0 Å². The Morgan fingerprint density at radius 2 is 2.00 bits per heavy atom. The lowest BCUT2D eigenvalue weighted by Gasteiger charge is -2.34. The summed E-state index contributed by atoms with van der Waals surface area (Å²) in [4.78, 5) is 18.0. The van der Waals surface area contributed by atoms with Crippen molar-refractivity contribution < 1.29 is 18.7 Å². The van der Waals surface area contributed by atoms with Gasteiger partial charge in [0.15, 0.2) is 5.96 Å². The molecule has 10 heteroatoms. The van der Waals surface area contributed by atoms with Crippen molar-refractivity contribution in [2.45, 2.75) is 58.3 Å². The van der Waals surface area contributed by atoms with E-state index in [2.05, 4.69) is 20.5 Å². The third kappa shape index (κ3) is 10.6. The molecular weight excluding hydrogens is 540 g/mol. The van der Waals surface area contributed by atoms with Crippen LogP contribution in [0.4, 0.5) is 9.18 Å². The molecule has 0 saturated carbocycles. The third-order valence-electron chi connectivity index (χ3n) is 4.91. The van der Waals surface area contributed by atoms with E-state index >= 15 is 0 Å². The van der Waals surface area contributed by atoms with Gasteiger partial charge in [0.1, 0.15) is 11.4 Å². The quantitative estimate of drug-likeness (QED) is 0.222. The summed E-state index contributed by atoms with van der Waals surface area (Å²) in [5, 5.41) is 14.9. The van der Waals surface area contributed by atoms with Gasteiger partial charge in [0.25, 0.3) is 0 Å². The first-order valence-corrected chi connectivity index (χ1v) is 10.9. The van der Waals surface area contributed by atoms with Crippen molar-refractivity contribution in [1.29, 1.82) is 5.26 Å². The van der Waals surface area contributed by atoms with E-state index < -0.39 is 11.7 Å². The van der Waals surface area contributed by atoms with Gasteiger partial charge in [-0.15, -0.1) is 24.0 Å². The van der Waals surface area contributed by atoms with E-state index in [1.54, 1.807) is 13.1 Å². The molecule has 0 spiro atoms. The Morgan fingerprint density at radius 1 is 1.30 bits per heavy atom. The second kappa shape index (κ2) is 14.2. The van der Waals surface area contributed by atoms with E-state index in [0.717, 1.165) is 32.4 Å². The molecule has 0 radical (unpaired) electrons. The number of benzene rings is 1. The number of halogens is 2. The maximum absolute atomic E-state index is 14.0. The lowest BCUT2D eigenvalue weighted by molar-refractivity contribution is 0.0170. The largest absolute Gasteiger partial charge is 0.444 e. The number of nitrogens with zero attached hydrogens (tertiary/aromatic N) is 3. The second-order valence-corrected chi connectivity index (χ2v) is 8.66. The second-order valence-electron chi connectivity index (χ2n) is 8.66. The number of alkyl carbamates (subject to hydrolysis) is 1. The van der Waals surface area contributed by atoms with Crippen molar-refractivity contribution >= 4 is 36.0 Å². The van der Waals surface area contributed by atoms with Crippen LogP contribution in [-0.2, 0) is 16.0 Å². The van der Waals surface area contributed by atoms with E-state index in [0.29, 0.717) is 30.2 Å². The van der Waals surface area contributed by atoms with Crippen LogP contribution in [0.3, 0.4) is 0 Å². The molecule has 2 rings (SSSR count). The minimum atomic E-state index is -0.501. The standard InChI is InChI=1S/C23H34FN5O3.HI/c1-23(2,3)32-22(30)27-10-5-13-31-19-8-11-29(12-9-19)21(26-4)28-16-18-14-17(15-25)6-7-20(18)24;/h6-7,14,19H,5,8-13,16H2,1-4H3,(H,26,28)(H,27,30);1H. The van der Waals surface area contributed by atoms with Crippen LogP contribution in [0.25, 0.3) is 0 Å². The molecule has 1 saturated heterocycles. The van der Waals surface area contributed by atoms with E-state index in [1.165, 1.54) is 12.1 Å². The first kappa shape index (κ1) is 28.9. The Morgan fingerprint density at radius 3 is 2.61 bits per heavy atom. The molecule has 1 amide bonds. The Balaban J connectivity index is 0.00000544. The van der Waals surface area contributed by atoms with Gasteiger partial charge in [-0.25, -0.2) is 9.18 Å². The van der Waals surface area contributed by atoms with Crippen LogP contribution in [0.1, 0.15) is 51.2 Å². The molecule has 33 heavy (non-hydrogen) atoms. The van der Waals surface area contributed by atoms with Gasteiger partial charge in [0.05, 0.1) is 17.7 Å². The van der Waals surface area contributed by atoms with Crippen LogP contribution in [0.5, 0.6) is 0 Å². The number of carbonyl (C=O) groups is 1. The van der Waals surface area contributed by atoms with E-state index in [4.69, 9.17) is 14.7 Å². The van der Waals surface area contributed by atoms with Crippen molar-refractivity contribution in [3.8, 4) is 6.07 Å². The number of hydrogen-bond donors (Lipinski definition) is 2. The van der Waals surface area contributed by atoms with Gasteiger partial charge in [0.2, 0.25) is 0 Å². The summed E-state index contributed by atoms with van der Waals surface area (Å²) in [5.41, 5.74) is 0.361. The number of rotatable bonds is 7. The molecule has 2 N–H and O–H groups in total. The molecule has 1 aliphatic heterocycles. The molecule has 0 aromatic heterocycles. The number of aliphatic imine (C=N–C) groups is 1. The number of carbonyl (C=O) groups excluding carboxylic acids is 1. The van der Waals surface area contributed by atoms with Crippen molar-refractivity contribution in [3.63, 3.8) is 0 Å². The highest BCUT2D eigenvalue weighted by Gasteiger charge is 2.22. The van der Waals surface area contributed by atoms with Gasteiger partial charge < -0.3 is 25.0 Å². The Labute approximate surface area is 212 Å². The van der Waals surface area contributed by atoms with Gasteiger partial charge in [-0.05, 0) is 58.2 Å². The topological polar surface area (TPSA) is 99.0 Å². The number of amides is 1. The highest BCUT2D eigenvalue weighted by Crippen LogP contribution is 2.15. The van der Waals surface area contributed by atoms with Crippen molar-refractivity contribution in [2.24, 2.45) is 4.99 Å². The van der Waals surface area contributed by atoms with Gasteiger partial charge >= 0.3 is 6.09 Å². The average Bonchev–Trinajstić information content (AvgIpc) is 2.74. The number of ether oxygens (including phenoxy) is 2. The first-order valence-electron chi connectivity index (χ1n) is 10.9. The van der Waals surface area contributed by atoms with Crippen LogP contribution in [0.15, 0.2) is 23.2 Å². The zero-order valence-electron chi connectivity index (χ0n) is 19.8. The van der Waals surface area contributed by atoms with Crippen LogP contribution in [0, 0.1) is 17.1 Å². The predicted octanol–water partition coefficient (Wildman–Crippen LogP) is 3.79. The molecule has 1 aliphatic rings. The van der Waals surface area contributed by atoms with Crippen LogP contribution < -0.4 is 10.6 Å². The zero-order valence-corrected chi connectivity index (χ0v) is 22.1. The van der Waals surface area contributed by atoms with Gasteiger partial charge in [-0.1, -0.05) is 0 Å². The van der Waals surface area contributed by atoms with E-state index in [1.807, 2.05) is 26.8 Å². The van der Waals surface area contributed by atoms with Crippen molar-refractivity contribution in [3.05, 3.63) is 35.1 Å². The number of nitriles is 1. The highest BCUT2D eigenvalue weighted by atomic mass is 127. The summed E-state index contributed by atoms with van der Waals surface area (Å²) in [6.07, 6.45) is 2.19. The maximum Gasteiger partial charge on any atom is 0.407 e. The molecule has 1 fully saturated rings. The Bertz CT molecular complexity index is 830. The average molecular weight is 575 g/mol. The molecule has 1 aromatic carbocycles. The fourth-order valence-electron chi connectivity index (χ4n) is 3.35. The van der Waals surface area contributed by atoms with E-state index in [9.17, 15) is 9.18 Å². The van der Waals surface area contributed by atoms with Crippen molar-refractivity contribution in [2.75, 3.05) is 33.3 Å². The normalized spacial score (nSPS) is 14.8. The fraction of sp³-hybridized carbons (Fsp3) is 0.609. The molecule has 0 bridgehead atoms. The Kier molecular flexibility index (Phi) is 12.4. The van der Waals surface area contributed by atoms with Crippen LogP contribution >= 0.6 is 24.0 Å². The SMILES string of the molecule is CN=C(NCc1cc(C#N)ccc1F)N1CCC(OCCCNC(=O)OC(C)(C)C)CC1.I. The molecule has 1 heterocycles. The first-order chi connectivity index (χ1) is 15.2. The smallest absolute Gasteiger partial charge is 0.407 e. The third-order valence-corrected chi connectivity index (χ3v) is 4.91. The number of piperidine rings is 1. The molecule has 184 valence electrons. The summed E-state index contributed by atoms with van der Waals surface area (Å²) in [5.74, 6) is 0.354. The predicted molar refractivity (Wildman–Crippen MR) is 136 cm³/mol. The van der Waals surface area contributed by atoms with E-state index in [-0.39, 0.29) is 42.4 Å². The Hall–Kier alpha value is -2.13. The monoisotopic (exact) mass is 575 g/mol. The number of likely N-dealkylation sites (tertiary alicyclic amines) is 1. The summed E-state index contributed by atoms with van der Waals surface area (Å²) >= 11 is 0. The summed E-state index contributed by atoms with van der Waals surface area (Å²) < 4.78 is 25.1. The van der Waals surface area contributed by atoms with Crippen molar-refractivity contribution in [1.82, 2.24) is 15.5 Å². The molecule has 8 nitrogen and oxygen atoms in total. The lowest BCUT2D eigenvalue weighted by atomic mass is 10.1. The van der Waals surface area contributed by atoms with Gasteiger partial charge in [0, 0.05) is 45.4 Å². The molecule has 0 atom stereocenters. The molecule has 0 unspecified atom stereocenters. The summed E-state index contributed by atoms with van der Waals surface area (Å²) in [6.45, 7) is 8.39. The number of nitrogens with one attached hydrogen (secondary N) is 2. The summed E-state index contributed by atoms with van der Waals surface area (Å²) in [6, 6.07) is 6.35. The minimum Gasteiger partial charge on any atom is -0.444 e. The zero-order chi connectivity index (χ0) is 23.6. The number of guanidine groups is 1. The van der Waals surface area contributed by atoms with Crippen LogP contribution in [-0.4, -0.2) is 61.9 Å². The molecule has 0 aliphatic carbocycles. The fourth-order valence-corrected chi connectivity index (χ4v) is 3.35. The van der Waals surface area contributed by atoms with Gasteiger partial charge in [-0.2, -0.15) is 5.26 Å². The minimum absolute atomic E-state index is 0. The lowest BCUT2D eigenvalue weighted by Crippen LogP contribution is -2.46. The molecule has 1 aromatic rings. The summed E-state index contributed by atoms with van der Waals surface area (Å²) in [7, 11) is 1.70. The maximum atomic E-state index is 14.0. The highest BCUT2D eigenvalue weighted by molar-refractivity contribution is 14.0. The van der Waals surface area contributed by atoms with Gasteiger partial charge in [-0.3, -0.25) is 4.99 Å². The number of hydrogen-bond acceptors (Lipinski definition) is 5.